The molecule has 1 N–H and O–H groups in total. The molecule has 0 bridgehead atoms. The van der Waals surface area contributed by atoms with Crippen LogP contribution in [0.25, 0.3) is 0 Å². The van der Waals surface area contributed by atoms with Crippen LogP contribution in [0.5, 0.6) is 6.01 Å². The summed E-state index contributed by atoms with van der Waals surface area (Å²) in [6.45, 7) is 6.94. The number of ether oxygens (including phenoxy) is 1. The molecule has 0 atom stereocenters. The maximum Gasteiger partial charge on any atom is 0.316 e. The van der Waals surface area contributed by atoms with E-state index in [0.717, 1.165) is 75.2 Å². The van der Waals surface area contributed by atoms with Gasteiger partial charge < -0.3 is 14.7 Å². The molecule has 0 aliphatic carbocycles. The number of hydrogen-bond acceptors (Lipinski definition) is 9. The van der Waals surface area contributed by atoms with Gasteiger partial charge in [-0.3, -0.25) is 0 Å². The van der Waals surface area contributed by atoms with Crippen LogP contribution < -0.4 is 9.64 Å². The number of rotatable bonds is 11. The summed E-state index contributed by atoms with van der Waals surface area (Å²) < 4.78 is 8.22. The first-order chi connectivity index (χ1) is 16.2. The van der Waals surface area contributed by atoms with Crippen LogP contribution in [0.4, 0.5) is 5.95 Å². The van der Waals surface area contributed by atoms with E-state index in [9.17, 15) is 0 Å². The first kappa shape index (κ1) is 24.2. The van der Waals surface area contributed by atoms with Crippen molar-refractivity contribution in [1.29, 1.82) is 0 Å². The quantitative estimate of drug-likeness (QED) is 0.391. The third-order valence-electron chi connectivity index (χ3n) is 6.44. The van der Waals surface area contributed by atoms with Gasteiger partial charge in [-0.15, -0.1) is 0 Å². The molecule has 9 heteroatoms. The van der Waals surface area contributed by atoms with Crippen LogP contribution in [0.2, 0.25) is 0 Å². The minimum atomic E-state index is 0.253. The molecule has 0 saturated carbocycles. The van der Waals surface area contributed by atoms with Crippen molar-refractivity contribution < 1.29 is 9.84 Å². The zero-order chi connectivity index (χ0) is 22.9. The predicted molar refractivity (Wildman–Crippen MR) is 131 cm³/mol. The Hall–Kier alpha value is -1.97. The molecule has 2 aromatic heterocycles. The van der Waals surface area contributed by atoms with Gasteiger partial charge in [0, 0.05) is 69.1 Å². The average Bonchev–Trinajstić information content (AvgIpc) is 2.87. The monoisotopic (exact) mass is 472 g/mol. The van der Waals surface area contributed by atoms with Gasteiger partial charge in [0.25, 0.3) is 0 Å². The smallest absolute Gasteiger partial charge is 0.316 e. The summed E-state index contributed by atoms with van der Waals surface area (Å²) in [5, 5.41) is 8.94. The number of nitrogens with zero attached hydrogens (tertiary/aromatic N) is 6. The van der Waals surface area contributed by atoms with E-state index in [0.29, 0.717) is 12.6 Å². The summed E-state index contributed by atoms with van der Waals surface area (Å²) in [6, 6.07) is 0.512. The molecule has 0 spiro atoms. The molecule has 8 nitrogen and oxygen atoms in total. The number of aryl methyl sites for hydroxylation is 1. The molecule has 0 amide bonds. The fraction of sp³-hybridized carbons (Fsp3) is 0.667. The van der Waals surface area contributed by atoms with Crippen molar-refractivity contribution in [1.82, 2.24) is 24.2 Å². The molecule has 180 valence electrons. The predicted octanol–water partition coefficient (Wildman–Crippen LogP) is 3.29. The van der Waals surface area contributed by atoms with Gasteiger partial charge in [-0.1, -0.05) is 18.9 Å². The van der Waals surface area contributed by atoms with Crippen molar-refractivity contribution in [3.05, 3.63) is 35.4 Å². The molecule has 33 heavy (non-hydrogen) atoms. The number of fused-ring (bicyclic) bond motifs is 1. The molecule has 2 aliphatic heterocycles. The average molecular weight is 473 g/mol. The minimum absolute atomic E-state index is 0.253. The van der Waals surface area contributed by atoms with Crippen molar-refractivity contribution in [2.45, 2.75) is 58.4 Å². The Kier molecular flexibility index (Phi) is 9.14. The third kappa shape index (κ3) is 7.01. The Balaban J connectivity index is 1.14. The Morgan fingerprint density at radius 3 is 2.67 bits per heavy atom. The number of piperidine rings is 1. The largest absolute Gasteiger partial charge is 0.463 e. The molecule has 0 radical (unpaired) electrons. The number of anilines is 1. The van der Waals surface area contributed by atoms with E-state index in [4.69, 9.17) is 9.84 Å². The first-order valence-corrected chi connectivity index (χ1v) is 13.2. The number of hydrogen-bond donors (Lipinski definition) is 1. The van der Waals surface area contributed by atoms with E-state index < -0.39 is 0 Å². The number of aliphatic hydroxyl groups excluding tert-OH is 1. The third-order valence-corrected chi connectivity index (χ3v) is 7.59. The van der Waals surface area contributed by atoms with Crippen LogP contribution in [0, 0.1) is 5.92 Å². The second kappa shape index (κ2) is 12.5. The summed E-state index contributed by atoms with van der Waals surface area (Å²) in [5.41, 5.74) is 3.48. The molecule has 1 saturated heterocycles. The van der Waals surface area contributed by atoms with Crippen LogP contribution in [0.1, 0.15) is 55.8 Å². The lowest BCUT2D eigenvalue weighted by molar-refractivity contribution is 0.260. The van der Waals surface area contributed by atoms with E-state index in [-0.39, 0.29) is 6.61 Å². The number of aliphatic hydroxyl groups is 1. The summed E-state index contributed by atoms with van der Waals surface area (Å²) in [6.07, 6.45) is 13.1. The van der Waals surface area contributed by atoms with Gasteiger partial charge in [0.05, 0.1) is 12.3 Å². The molecule has 4 heterocycles. The van der Waals surface area contributed by atoms with Gasteiger partial charge in [-0.2, -0.15) is 4.98 Å². The molecule has 0 aromatic carbocycles. The Labute approximate surface area is 201 Å². The minimum Gasteiger partial charge on any atom is -0.463 e. The standard InChI is InChI=1S/C24H36N6O2S/c1-2-19-15-25-23(26-16-19)29-9-6-20(7-10-29)5-3-13-32-24-27-17-21-18-30(33-14-4-12-31)11-8-22(21)28-24/h15-17,20,31H,2-14,18H2,1H3. The molecule has 2 aromatic rings. The SMILES string of the molecule is CCc1cnc(N2CCC(CCCOc3ncc4c(n3)CCN(SCCCO)C4)CC2)nc1. The molecular weight excluding hydrogens is 436 g/mol. The zero-order valence-corrected chi connectivity index (χ0v) is 20.5. The van der Waals surface area contributed by atoms with Crippen molar-refractivity contribution in [3.8, 4) is 6.01 Å². The molecule has 1 fully saturated rings. The lowest BCUT2D eigenvalue weighted by atomic mass is 9.92. The maximum absolute atomic E-state index is 8.94. The van der Waals surface area contributed by atoms with E-state index >= 15 is 0 Å². The Bertz CT molecular complexity index is 861. The summed E-state index contributed by atoms with van der Waals surface area (Å²) in [7, 11) is 0. The maximum atomic E-state index is 8.94. The highest BCUT2D eigenvalue weighted by atomic mass is 32.2. The fourth-order valence-corrected chi connectivity index (χ4v) is 5.33. The van der Waals surface area contributed by atoms with E-state index in [1.165, 1.54) is 30.4 Å². The summed E-state index contributed by atoms with van der Waals surface area (Å²) in [5.74, 6) is 2.55. The van der Waals surface area contributed by atoms with E-state index in [1.807, 2.05) is 18.6 Å². The van der Waals surface area contributed by atoms with Gasteiger partial charge in [-0.05, 0) is 50.0 Å². The van der Waals surface area contributed by atoms with Crippen LogP contribution in [0.15, 0.2) is 18.6 Å². The van der Waals surface area contributed by atoms with Crippen LogP contribution in [0.3, 0.4) is 0 Å². The normalized spacial score (nSPS) is 17.2. The first-order valence-electron chi connectivity index (χ1n) is 12.3. The van der Waals surface area contributed by atoms with Crippen molar-refractivity contribution >= 4 is 17.9 Å². The summed E-state index contributed by atoms with van der Waals surface area (Å²) >= 11 is 1.80. The van der Waals surface area contributed by atoms with Crippen LogP contribution in [-0.2, 0) is 19.4 Å². The van der Waals surface area contributed by atoms with Gasteiger partial charge in [0.2, 0.25) is 5.95 Å². The highest BCUT2D eigenvalue weighted by molar-refractivity contribution is 7.96. The highest BCUT2D eigenvalue weighted by Crippen LogP contribution is 2.26. The molecule has 2 aliphatic rings. The fourth-order valence-electron chi connectivity index (χ4n) is 4.36. The second-order valence-electron chi connectivity index (χ2n) is 8.81. The van der Waals surface area contributed by atoms with Crippen molar-refractivity contribution in [3.63, 3.8) is 0 Å². The molecule has 0 unspecified atom stereocenters. The van der Waals surface area contributed by atoms with Crippen LogP contribution in [-0.4, -0.2) is 67.9 Å². The Morgan fingerprint density at radius 1 is 1.09 bits per heavy atom. The topological polar surface area (TPSA) is 87.5 Å². The van der Waals surface area contributed by atoms with Crippen molar-refractivity contribution in [2.75, 3.05) is 43.5 Å². The zero-order valence-electron chi connectivity index (χ0n) is 19.7. The van der Waals surface area contributed by atoms with Gasteiger partial charge >= 0.3 is 6.01 Å². The Morgan fingerprint density at radius 2 is 1.91 bits per heavy atom. The second-order valence-corrected chi connectivity index (χ2v) is 10.00. The van der Waals surface area contributed by atoms with Gasteiger partial charge in [-0.25, -0.2) is 19.3 Å². The molecular formula is C24H36N6O2S. The van der Waals surface area contributed by atoms with Gasteiger partial charge in [0.15, 0.2) is 0 Å². The van der Waals surface area contributed by atoms with Crippen LogP contribution >= 0.6 is 11.9 Å². The van der Waals surface area contributed by atoms with E-state index in [2.05, 4.69) is 36.1 Å². The van der Waals surface area contributed by atoms with Gasteiger partial charge in [0.1, 0.15) is 0 Å². The molecule has 4 rings (SSSR count). The van der Waals surface area contributed by atoms with Crippen molar-refractivity contribution in [2.24, 2.45) is 5.92 Å². The lowest BCUT2D eigenvalue weighted by Crippen LogP contribution is -2.35. The summed E-state index contributed by atoms with van der Waals surface area (Å²) in [4.78, 5) is 20.4. The highest BCUT2D eigenvalue weighted by Gasteiger charge is 2.21. The lowest BCUT2D eigenvalue weighted by Gasteiger charge is -2.32. The number of aromatic nitrogens is 4. The van der Waals surface area contributed by atoms with E-state index in [1.54, 1.807) is 11.9 Å².